The minimum atomic E-state index is -3.80. The standard InChI is InChI=1S/C9H13N3O4S/c1-2-12(6-8(10)13)17(15,16)7-3-4-9(14)11-5-7/h3-5H,2,6H2,1H3,(H2,10,13)(H,11,14). The lowest BCUT2D eigenvalue weighted by Gasteiger charge is -2.18. The van der Waals surface area contributed by atoms with Gasteiger partial charge in [0.1, 0.15) is 0 Å². The average Bonchev–Trinajstić information content (AvgIpc) is 2.26. The topological polar surface area (TPSA) is 113 Å². The number of hydrogen-bond donors (Lipinski definition) is 2. The van der Waals surface area contributed by atoms with Gasteiger partial charge in [-0.1, -0.05) is 6.92 Å². The lowest BCUT2D eigenvalue weighted by molar-refractivity contribution is -0.118. The number of likely N-dealkylation sites (N-methyl/N-ethyl adjacent to an activating group) is 1. The molecule has 1 heterocycles. The number of primary amides is 1. The van der Waals surface area contributed by atoms with Gasteiger partial charge in [0.2, 0.25) is 21.5 Å². The molecule has 1 amide bonds. The summed E-state index contributed by atoms with van der Waals surface area (Å²) in [4.78, 5) is 23.8. The Labute approximate surface area is 98.3 Å². The summed E-state index contributed by atoms with van der Waals surface area (Å²) in [6.45, 7) is 1.31. The summed E-state index contributed by atoms with van der Waals surface area (Å²) in [6.07, 6.45) is 1.08. The summed E-state index contributed by atoms with van der Waals surface area (Å²) in [5, 5.41) is 0. The van der Waals surface area contributed by atoms with Crippen molar-refractivity contribution in [1.82, 2.24) is 9.29 Å². The second-order valence-corrected chi connectivity index (χ2v) is 5.22. The van der Waals surface area contributed by atoms with Gasteiger partial charge >= 0.3 is 0 Å². The van der Waals surface area contributed by atoms with Crippen LogP contribution in [0.2, 0.25) is 0 Å². The molecule has 0 radical (unpaired) electrons. The number of amides is 1. The van der Waals surface area contributed by atoms with E-state index in [1.165, 1.54) is 6.07 Å². The maximum atomic E-state index is 12.0. The molecule has 7 nitrogen and oxygen atoms in total. The molecular weight excluding hydrogens is 246 g/mol. The highest BCUT2D eigenvalue weighted by atomic mass is 32.2. The molecule has 0 atom stereocenters. The van der Waals surface area contributed by atoms with Gasteiger partial charge in [0.25, 0.3) is 0 Å². The third-order valence-corrected chi connectivity index (χ3v) is 4.00. The van der Waals surface area contributed by atoms with Crippen LogP contribution in [0.1, 0.15) is 6.92 Å². The second-order valence-electron chi connectivity index (χ2n) is 3.29. The number of nitrogens with zero attached hydrogens (tertiary/aromatic N) is 1. The van der Waals surface area contributed by atoms with Crippen LogP contribution in [0.5, 0.6) is 0 Å². The van der Waals surface area contributed by atoms with E-state index in [-0.39, 0.29) is 11.4 Å². The van der Waals surface area contributed by atoms with Crippen LogP contribution >= 0.6 is 0 Å². The molecule has 0 aromatic carbocycles. The van der Waals surface area contributed by atoms with Crippen molar-refractivity contribution in [2.75, 3.05) is 13.1 Å². The highest BCUT2D eigenvalue weighted by Crippen LogP contribution is 2.12. The first-order valence-electron chi connectivity index (χ1n) is 4.85. The van der Waals surface area contributed by atoms with Crippen LogP contribution in [0.15, 0.2) is 28.0 Å². The summed E-state index contributed by atoms with van der Waals surface area (Å²) in [5.74, 6) is -0.736. The molecule has 94 valence electrons. The van der Waals surface area contributed by atoms with Crippen molar-refractivity contribution in [2.45, 2.75) is 11.8 Å². The zero-order valence-corrected chi connectivity index (χ0v) is 10.0. The Kier molecular flexibility index (Phi) is 4.02. The predicted molar refractivity (Wildman–Crippen MR) is 60.7 cm³/mol. The largest absolute Gasteiger partial charge is 0.369 e. The van der Waals surface area contributed by atoms with Crippen molar-refractivity contribution >= 4 is 15.9 Å². The zero-order valence-electron chi connectivity index (χ0n) is 9.21. The number of carbonyl (C=O) groups excluding carboxylic acids is 1. The fourth-order valence-corrected chi connectivity index (χ4v) is 2.63. The van der Waals surface area contributed by atoms with E-state index in [0.29, 0.717) is 0 Å². The van der Waals surface area contributed by atoms with E-state index < -0.39 is 28.0 Å². The summed E-state index contributed by atoms with van der Waals surface area (Å²) in [6, 6.07) is 2.28. The third-order valence-electron chi connectivity index (χ3n) is 2.08. The third kappa shape index (κ3) is 3.14. The minimum Gasteiger partial charge on any atom is -0.369 e. The normalized spacial score (nSPS) is 11.6. The number of aromatic amines is 1. The molecule has 3 N–H and O–H groups in total. The number of nitrogens with one attached hydrogen (secondary N) is 1. The number of H-pyrrole nitrogens is 1. The van der Waals surface area contributed by atoms with Crippen molar-refractivity contribution in [1.29, 1.82) is 0 Å². The fraction of sp³-hybridized carbons (Fsp3) is 0.333. The van der Waals surface area contributed by atoms with Crippen molar-refractivity contribution < 1.29 is 13.2 Å². The maximum absolute atomic E-state index is 12.0. The number of sulfonamides is 1. The van der Waals surface area contributed by atoms with Crippen LogP contribution in [0.3, 0.4) is 0 Å². The van der Waals surface area contributed by atoms with Crippen LogP contribution in [0.25, 0.3) is 0 Å². The van der Waals surface area contributed by atoms with Gasteiger partial charge < -0.3 is 10.7 Å². The quantitative estimate of drug-likeness (QED) is 0.696. The van der Waals surface area contributed by atoms with Crippen LogP contribution in [-0.4, -0.2) is 36.7 Å². The average molecular weight is 259 g/mol. The minimum absolute atomic E-state index is 0.0831. The second kappa shape index (κ2) is 5.11. The van der Waals surface area contributed by atoms with Gasteiger partial charge in [0.15, 0.2) is 0 Å². The highest BCUT2D eigenvalue weighted by Gasteiger charge is 2.24. The van der Waals surface area contributed by atoms with E-state index in [0.717, 1.165) is 16.6 Å². The zero-order chi connectivity index (χ0) is 13.1. The number of hydrogen-bond acceptors (Lipinski definition) is 4. The Bertz CT molecular complexity index is 543. The molecule has 0 aliphatic rings. The molecule has 0 aliphatic heterocycles. The molecule has 0 aliphatic carbocycles. The first-order valence-corrected chi connectivity index (χ1v) is 6.29. The van der Waals surface area contributed by atoms with Crippen molar-refractivity contribution in [3.8, 4) is 0 Å². The van der Waals surface area contributed by atoms with E-state index >= 15 is 0 Å². The van der Waals surface area contributed by atoms with E-state index in [9.17, 15) is 18.0 Å². The Morgan fingerprint density at radius 3 is 2.53 bits per heavy atom. The van der Waals surface area contributed by atoms with Crippen molar-refractivity contribution in [3.63, 3.8) is 0 Å². The highest BCUT2D eigenvalue weighted by molar-refractivity contribution is 7.89. The molecular formula is C9H13N3O4S. The molecule has 0 spiro atoms. The van der Waals surface area contributed by atoms with Crippen LogP contribution in [0.4, 0.5) is 0 Å². The Balaban J connectivity index is 3.12. The molecule has 1 aromatic rings. The predicted octanol–water partition coefficient (Wildman–Crippen LogP) is -1.13. The summed E-state index contributed by atoms with van der Waals surface area (Å²) in [5.41, 5.74) is 4.56. The maximum Gasteiger partial charge on any atom is 0.247 e. The molecule has 8 heteroatoms. The van der Waals surface area contributed by atoms with Crippen molar-refractivity contribution in [2.24, 2.45) is 5.73 Å². The van der Waals surface area contributed by atoms with E-state index in [2.05, 4.69) is 4.98 Å². The summed E-state index contributed by atoms with van der Waals surface area (Å²) < 4.78 is 24.9. The molecule has 0 saturated carbocycles. The molecule has 0 unspecified atom stereocenters. The van der Waals surface area contributed by atoms with Crippen LogP contribution in [-0.2, 0) is 14.8 Å². The molecule has 0 bridgehead atoms. The lowest BCUT2D eigenvalue weighted by Crippen LogP contribution is -2.38. The van der Waals surface area contributed by atoms with Crippen LogP contribution in [0, 0.1) is 0 Å². The molecule has 0 saturated heterocycles. The first-order chi connectivity index (χ1) is 7.87. The smallest absolute Gasteiger partial charge is 0.247 e. The number of aromatic nitrogens is 1. The Morgan fingerprint density at radius 2 is 2.12 bits per heavy atom. The number of nitrogens with two attached hydrogens (primary N) is 1. The van der Waals surface area contributed by atoms with Gasteiger partial charge in [-0.3, -0.25) is 9.59 Å². The van der Waals surface area contributed by atoms with Crippen LogP contribution < -0.4 is 11.3 Å². The monoisotopic (exact) mass is 259 g/mol. The Morgan fingerprint density at radius 1 is 1.47 bits per heavy atom. The molecule has 1 rings (SSSR count). The van der Waals surface area contributed by atoms with Gasteiger partial charge in [-0.05, 0) is 6.07 Å². The van der Waals surface area contributed by atoms with Gasteiger partial charge in [0.05, 0.1) is 11.4 Å². The lowest BCUT2D eigenvalue weighted by atomic mass is 10.5. The first kappa shape index (κ1) is 13.4. The molecule has 1 aromatic heterocycles. The fourth-order valence-electron chi connectivity index (χ4n) is 1.25. The number of carbonyl (C=O) groups is 1. The number of pyridine rings is 1. The van der Waals surface area contributed by atoms with Gasteiger partial charge in [-0.2, -0.15) is 4.31 Å². The van der Waals surface area contributed by atoms with E-state index in [4.69, 9.17) is 5.73 Å². The van der Waals surface area contributed by atoms with Gasteiger partial charge in [-0.25, -0.2) is 8.42 Å². The molecule has 0 fully saturated rings. The van der Waals surface area contributed by atoms with E-state index in [1.54, 1.807) is 6.92 Å². The van der Waals surface area contributed by atoms with Crippen molar-refractivity contribution in [3.05, 3.63) is 28.7 Å². The van der Waals surface area contributed by atoms with Gasteiger partial charge in [0, 0.05) is 18.8 Å². The summed E-state index contributed by atoms with van der Waals surface area (Å²) in [7, 11) is -3.80. The summed E-state index contributed by atoms with van der Waals surface area (Å²) >= 11 is 0. The van der Waals surface area contributed by atoms with E-state index in [1.807, 2.05) is 0 Å². The molecule has 17 heavy (non-hydrogen) atoms. The SMILES string of the molecule is CCN(CC(N)=O)S(=O)(=O)c1ccc(=O)[nH]c1. The Hall–Kier alpha value is -1.67. The number of rotatable bonds is 5. The van der Waals surface area contributed by atoms with Gasteiger partial charge in [-0.15, -0.1) is 0 Å².